The molecule has 0 atom stereocenters. The highest BCUT2D eigenvalue weighted by molar-refractivity contribution is 4.84. The molecule has 6 nitrogen and oxygen atoms in total. The molecule has 1 heterocycles. The summed E-state index contributed by atoms with van der Waals surface area (Å²) in [6.07, 6.45) is 0.617. The zero-order valence-electron chi connectivity index (χ0n) is 8.36. The van der Waals surface area contributed by atoms with E-state index in [1.807, 2.05) is 6.92 Å². The SMILES string of the molecule is CCC1(C)OCC(CO)([N+](=O)[O-])CO1. The van der Waals surface area contributed by atoms with Gasteiger partial charge in [0.1, 0.15) is 19.8 Å². The van der Waals surface area contributed by atoms with Gasteiger partial charge in [-0.25, -0.2) is 0 Å². The van der Waals surface area contributed by atoms with E-state index in [0.29, 0.717) is 6.42 Å². The second-order valence-corrected chi connectivity index (χ2v) is 3.70. The van der Waals surface area contributed by atoms with Crippen LogP contribution < -0.4 is 0 Å². The standard InChI is InChI=1S/C8H15NO5/c1-3-7(2)13-5-8(4-10,6-14-7)9(11)12/h10H,3-6H2,1-2H3. The molecular weight excluding hydrogens is 190 g/mol. The number of nitrogens with zero attached hydrogens (tertiary/aromatic N) is 1. The fraction of sp³-hybridized carbons (Fsp3) is 1.00. The van der Waals surface area contributed by atoms with E-state index < -0.39 is 22.9 Å². The van der Waals surface area contributed by atoms with Gasteiger partial charge < -0.3 is 14.6 Å². The summed E-state index contributed by atoms with van der Waals surface area (Å²) in [6, 6.07) is 0. The van der Waals surface area contributed by atoms with E-state index in [1.54, 1.807) is 6.92 Å². The van der Waals surface area contributed by atoms with Crippen LogP contribution in [0.25, 0.3) is 0 Å². The van der Waals surface area contributed by atoms with Gasteiger partial charge in [-0.2, -0.15) is 0 Å². The molecule has 0 aliphatic carbocycles. The molecule has 1 N–H and O–H groups in total. The number of nitro groups is 1. The number of ether oxygens (including phenoxy) is 2. The van der Waals surface area contributed by atoms with Gasteiger partial charge in [0.2, 0.25) is 0 Å². The maximum absolute atomic E-state index is 10.7. The highest BCUT2D eigenvalue weighted by atomic mass is 16.7. The quantitative estimate of drug-likeness (QED) is 0.524. The van der Waals surface area contributed by atoms with Crippen LogP contribution in [0.15, 0.2) is 0 Å². The first-order valence-corrected chi connectivity index (χ1v) is 4.51. The minimum Gasteiger partial charge on any atom is -0.389 e. The first kappa shape index (κ1) is 11.4. The third-order valence-corrected chi connectivity index (χ3v) is 2.62. The lowest BCUT2D eigenvalue weighted by Crippen LogP contribution is -2.58. The van der Waals surface area contributed by atoms with Crippen LogP contribution in [0.3, 0.4) is 0 Å². The number of aliphatic hydroxyl groups excluding tert-OH is 1. The van der Waals surface area contributed by atoms with Crippen LogP contribution >= 0.6 is 0 Å². The predicted molar refractivity (Wildman–Crippen MR) is 47.4 cm³/mol. The zero-order valence-corrected chi connectivity index (χ0v) is 8.36. The first-order chi connectivity index (χ1) is 6.48. The van der Waals surface area contributed by atoms with Gasteiger partial charge in [-0.05, 0) is 13.3 Å². The van der Waals surface area contributed by atoms with Crippen molar-refractivity contribution >= 4 is 0 Å². The average Bonchev–Trinajstić information content (AvgIpc) is 2.19. The van der Waals surface area contributed by atoms with E-state index in [4.69, 9.17) is 14.6 Å². The molecule has 0 amide bonds. The lowest BCUT2D eigenvalue weighted by molar-refractivity contribution is -0.599. The minimum absolute atomic E-state index is 0.110. The molecule has 14 heavy (non-hydrogen) atoms. The van der Waals surface area contributed by atoms with Gasteiger partial charge in [-0.3, -0.25) is 10.1 Å². The smallest absolute Gasteiger partial charge is 0.290 e. The molecule has 0 unspecified atom stereocenters. The van der Waals surface area contributed by atoms with Gasteiger partial charge in [0, 0.05) is 4.92 Å². The largest absolute Gasteiger partial charge is 0.389 e. The van der Waals surface area contributed by atoms with Crippen LogP contribution in [0.5, 0.6) is 0 Å². The Bertz CT molecular complexity index is 222. The monoisotopic (exact) mass is 205 g/mol. The third kappa shape index (κ3) is 1.87. The van der Waals surface area contributed by atoms with Gasteiger partial charge in [-0.15, -0.1) is 0 Å². The van der Waals surface area contributed by atoms with E-state index in [1.165, 1.54) is 0 Å². The van der Waals surface area contributed by atoms with Crippen molar-refractivity contribution in [2.75, 3.05) is 19.8 Å². The Labute approximate surface area is 82.0 Å². The number of rotatable bonds is 3. The lowest BCUT2D eigenvalue weighted by Gasteiger charge is -2.38. The molecule has 1 aliphatic rings. The fourth-order valence-corrected chi connectivity index (χ4v) is 1.12. The van der Waals surface area contributed by atoms with Crippen molar-refractivity contribution in [3.05, 3.63) is 10.1 Å². The van der Waals surface area contributed by atoms with Crippen LogP contribution in [0.1, 0.15) is 20.3 Å². The van der Waals surface area contributed by atoms with E-state index >= 15 is 0 Å². The molecule has 0 radical (unpaired) electrons. The predicted octanol–water partition coefficient (Wildman–Crippen LogP) is 0.167. The molecule has 0 spiro atoms. The number of aliphatic hydroxyl groups is 1. The van der Waals surface area contributed by atoms with Crippen molar-refractivity contribution in [1.82, 2.24) is 0 Å². The summed E-state index contributed by atoms with van der Waals surface area (Å²) in [4.78, 5) is 10.2. The highest BCUT2D eigenvalue weighted by Gasteiger charge is 2.50. The van der Waals surface area contributed by atoms with Crippen molar-refractivity contribution in [2.24, 2.45) is 0 Å². The Kier molecular flexibility index (Phi) is 3.08. The summed E-state index contributed by atoms with van der Waals surface area (Å²) < 4.78 is 10.5. The Morgan fingerprint density at radius 1 is 1.50 bits per heavy atom. The van der Waals surface area contributed by atoms with Crippen molar-refractivity contribution in [2.45, 2.75) is 31.6 Å². The van der Waals surface area contributed by atoms with Crippen molar-refractivity contribution in [3.63, 3.8) is 0 Å². The summed E-state index contributed by atoms with van der Waals surface area (Å²) in [6.45, 7) is 2.81. The van der Waals surface area contributed by atoms with Gasteiger partial charge in [-0.1, -0.05) is 6.92 Å². The Morgan fingerprint density at radius 2 is 2.00 bits per heavy atom. The van der Waals surface area contributed by atoms with Crippen LogP contribution in [-0.4, -0.2) is 41.2 Å². The van der Waals surface area contributed by atoms with Gasteiger partial charge in [0.25, 0.3) is 5.54 Å². The van der Waals surface area contributed by atoms with Crippen LogP contribution in [0.4, 0.5) is 0 Å². The molecule has 1 saturated heterocycles. The molecule has 1 rings (SSSR count). The van der Waals surface area contributed by atoms with Gasteiger partial charge in [0.05, 0.1) is 0 Å². The van der Waals surface area contributed by atoms with Crippen LogP contribution in [0, 0.1) is 10.1 Å². The molecule has 0 saturated carbocycles. The topological polar surface area (TPSA) is 81.8 Å². The van der Waals surface area contributed by atoms with E-state index in [9.17, 15) is 10.1 Å². The molecule has 0 bridgehead atoms. The van der Waals surface area contributed by atoms with Crippen LogP contribution in [0.2, 0.25) is 0 Å². The third-order valence-electron chi connectivity index (χ3n) is 2.62. The van der Waals surface area contributed by atoms with Gasteiger partial charge >= 0.3 is 0 Å². The second-order valence-electron chi connectivity index (χ2n) is 3.70. The first-order valence-electron chi connectivity index (χ1n) is 4.51. The van der Waals surface area contributed by atoms with Crippen molar-refractivity contribution in [3.8, 4) is 0 Å². The summed E-state index contributed by atoms with van der Waals surface area (Å²) >= 11 is 0. The molecule has 1 fully saturated rings. The molecule has 82 valence electrons. The number of hydrogen-bond acceptors (Lipinski definition) is 5. The average molecular weight is 205 g/mol. The van der Waals surface area contributed by atoms with Crippen LogP contribution in [-0.2, 0) is 9.47 Å². The maximum atomic E-state index is 10.7. The zero-order chi connectivity index (χ0) is 10.8. The second kappa shape index (κ2) is 3.80. The van der Waals surface area contributed by atoms with E-state index in [0.717, 1.165) is 0 Å². The summed E-state index contributed by atoms with van der Waals surface area (Å²) in [5.41, 5.74) is -1.49. The molecular formula is C8H15NO5. The van der Waals surface area contributed by atoms with E-state index in [2.05, 4.69) is 0 Å². The molecule has 0 aromatic heterocycles. The highest BCUT2D eigenvalue weighted by Crippen LogP contribution is 2.27. The summed E-state index contributed by atoms with van der Waals surface area (Å²) in [5, 5.41) is 19.6. The number of hydrogen-bond donors (Lipinski definition) is 1. The Morgan fingerprint density at radius 3 is 2.29 bits per heavy atom. The molecule has 0 aromatic rings. The maximum Gasteiger partial charge on any atom is 0.290 e. The summed E-state index contributed by atoms with van der Waals surface area (Å²) in [7, 11) is 0. The van der Waals surface area contributed by atoms with Crippen molar-refractivity contribution < 1.29 is 19.5 Å². The summed E-state index contributed by atoms with van der Waals surface area (Å²) in [5.74, 6) is -0.755. The Hall–Kier alpha value is -0.720. The van der Waals surface area contributed by atoms with Gasteiger partial charge in [0.15, 0.2) is 5.79 Å². The normalized spacial score (nSPS) is 38.2. The van der Waals surface area contributed by atoms with E-state index in [-0.39, 0.29) is 13.2 Å². The fourth-order valence-electron chi connectivity index (χ4n) is 1.12. The molecule has 1 aliphatic heterocycles. The molecule has 6 heteroatoms. The molecule has 0 aromatic carbocycles. The lowest BCUT2D eigenvalue weighted by atomic mass is 10.0. The minimum atomic E-state index is -1.49. The Balaban J connectivity index is 2.68. The van der Waals surface area contributed by atoms with Crippen molar-refractivity contribution in [1.29, 1.82) is 0 Å².